The second-order valence-electron chi connectivity index (χ2n) is 14.7. The number of halogens is 1. The highest BCUT2D eigenvalue weighted by Crippen LogP contribution is 2.33. The Hall–Kier alpha value is -4.03. The van der Waals surface area contributed by atoms with Gasteiger partial charge in [0.15, 0.2) is 0 Å². The van der Waals surface area contributed by atoms with Crippen LogP contribution >= 0.6 is 11.6 Å². The molecule has 4 aliphatic rings. The third kappa shape index (κ3) is 7.91. The molecule has 0 spiro atoms. The summed E-state index contributed by atoms with van der Waals surface area (Å²) in [5.41, 5.74) is 5.04. The smallest absolute Gasteiger partial charge is 0.234 e. The highest BCUT2D eigenvalue weighted by Gasteiger charge is 2.29. The van der Waals surface area contributed by atoms with Gasteiger partial charge in [-0.05, 0) is 55.4 Å². The Morgan fingerprint density at radius 1 is 0.843 bits per heavy atom. The van der Waals surface area contributed by atoms with Gasteiger partial charge in [-0.15, -0.1) is 0 Å². The standard InChI is InChI=1S/C39H48ClN9O2/c40-34-24-42-39(45-37(34)33-23-41-35-4-2-1-3-32(33)35)43-29-13-14-47(26-29)20-17-46-18-21-48(22-19-46)25-27-11-15-49(16-12-27)30-7-5-28(6-8-30)31-9-10-36(50)44-38(31)51/h1-8,23-24,27,29,31,41H,9-22,25-26H2,(H,42,43,45)(H,44,50,51)/t29-,31?/m1/s1. The van der Waals surface area contributed by atoms with Gasteiger partial charge in [0.2, 0.25) is 17.8 Å². The van der Waals surface area contributed by atoms with Crippen LogP contribution < -0.4 is 15.5 Å². The number of aromatic amines is 1. The molecule has 4 aromatic rings. The van der Waals surface area contributed by atoms with Crippen molar-refractivity contribution < 1.29 is 9.59 Å². The maximum atomic E-state index is 12.3. The van der Waals surface area contributed by atoms with E-state index in [-0.39, 0.29) is 17.7 Å². The molecule has 4 saturated heterocycles. The fourth-order valence-corrected chi connectivity index (χ4v) is 8.57. The monoisotopic (exact) mass is 709 g/mol. The Morgan fingerprint density at radius 3 is 2.41 bits per heavy atom. The highest BCUT2D eigenvalue weighted by atomic mass is 35.5. The van der Waals surface area contributed by atoms with E-state index in [1.54, 1.807) is 6.20 Å². The third-order valence-corrected chi connectivity index (χ3v) is 11.7. The van der Waals surface area contributed by atoms with E-state index in [0.29, 0.717) is 29.9 Å². The van der Waals surface area contributed by atoms with Crippen LogP contribution in [-0.2, 0) is 9.59 Å². The van der Waals surface area contributed by atoms with Crippen molar-refractivity contribution >= 4 is 46.0 Å². The minimum atomic E-state index is -0.221. The number of piperazine rings is 1. The van der Waals surface area contributed by atoms with Crippen LogP contribution in [0.15, 0.2) is 60.9 Å². The lowest BCUT2D eigenvalue weighted by molar-refractivity contribution is -0.134. The Labute approximate surface area is 304 Å². The lowest BCUT2D eigenvalue weighted by atomic mass is 9.90. The van der Waals surface area contributed by atoms with E-state index in [1.165, 1.54) is 25.1 Å². The number of nitrogens with one attached hydrogen (secondary N) is 3. The Kier molecular flexibility index (Phi) is 10.2. The number of para-hydroxylation sites is 1. The van der Waals surface area contributed by atoms with Crippen LogP contribution in [0, 0.1) is 5.92 Å². The molecule has 8 rings (SSSR count). The zero-order valence-electron chi connectivity index (χ0n) is 29.2. The van der Waals surface area contributed by atoms with Gasteiger partial charge in [-0.3, -0.25) is 24.7 Å². The number of rotatable bonds is 10. The molecule has 12 heteroatoms. The van der Waals surface area contributed by atoms with Crippen molar-refractivity contribution in [2.45, 2.75) is 44.1 Å². The molecule has 6 heterocycles. The first-order chi connectivity index (χ1) is 24.9. The van der Waals surface area contributed by atoms with Gasteiger partial charge in [0.25, 0.3) is 0 Å². The number of carbonyl (C=O) groups excluding carboxylic acids is 2. The van der Waals surface area contributed by atoms with Gasteiger partial charge >= 0.3 is 0 Å². The van der Waals surface area contributed by atoms with E-state index in [2.05, 4.69) is 76.6 Å². The summed E-state index contributed by atoms with van der Waals surface area (Å²) in [6.07, 6.45) is 8.19. The summed E-state index contributed by atoms with van der Waals surface area (Å²) in [5, 5.41) is 7.71. The van der Waals surface area contributed by atoms with Crippen LogP contribution in [0.1, 0.15) is 43.6 Å². The number of hydrogen-bond donors (Lipinski definition) is 3. The number of imide groups is 1. The summed E-state index contributed by atoms with van der Waals surface area (Å²) in [4.78, 5) is 46.8. The molecule has 2 aromatic carbocycles. The van der Waals surface area contributed by atoms with Crippen molar-refractivity contribution in [3.63, 3.8) is 0 Å². The normalized spacial score (nSPS) is 22.9. The molecule has 3 N–H and O–H groups in total. The molecule has 0 aliphatic carbocycles. The molecular weight excluding hydrogens is 662 g/mol. The molecule has 51 heavy (non-hydrogen) atoms. The number of fused-ring (bicyclic) bond motifs is 1. The maximum Gasteiger partial charge on any atom is 0.234 e. The number of carbonyl (C=O) groups is 2. The van der Waals surface area contributed by atoms with Crippen molar-refractivity contribution in [1.29, 1.82) is 0 Å². The summed E-state index contributed by atoms with van der Waals surface area (Å²) < 4.78 is 0. The molecule has 0 radical (unpaired) electrons. The number of anilines is 2. The minimum absolute atomic E-state index is 0.165. The minimum Gasteiger partial charge on any atom is -0.372 e. The van der Waals surface area contributed by atoms with Crippen molar-refractivity contribution in [1.82, 2.24) is 35.0 Å². The number of H-pyrrole nitrogens is 1. The maximum absolute atomic E-state index is 12.3. The van der Waals surface area contributed by atoms with E-state index in [0.717, 1.165) is 106 Å². The van der Waals surface area contributed by atoms with Crippen LogP contribution in [0.3, 0.4) is 0 Å². The zero-order valence-corrected chi connectivity index (χ0v) is 30.0. The van der Waals surface area contributed by atoms with Crippen LogP contribution in [0.25, 0.3) is 22.2 Å². The van der Waals surface area contributed by atoms with Gasteiger partial charge < -0.3 is 20.1 Å². The number of aromatic nitrogens is 3. The molecule has 0 bridgehead atoms. The first kappa shape index (κ1) is 34.1. The molecule has 0 saturated carbocycles. The van der Waals surface area contributed by atoms with Crippen LogP contribution in [0.2, 0.25) is 5.02 Å². The predicted molar refractivity (Wildman–Crippen MR) is 202 cm³/mol. The zero-order chi connectivity index (χ0) is 34.7. The largest absolute Gasteiger partial charge is 0.372 e. The van der Waals surface area contributed by atoms with E-state index in [1.807, 2.05) is 18.3 Å². The van der Waals surface area contributed by atoms with Gasteiger partial charge in [-0.1, -0.05) is 41.9 Å². The average Bonchev–Trinajstić information content (AvgIpc) is 3.80. The van der Waals surface area contributed by atoms with E-state index >= 15 is 0 Å². The van der Waals surface area contributed by atoms with Crippen LogP contribution in [0.5, 0.6) is 0 Å². The molecule has 4 fully saturated rings. The van der Waals surface area contributed by atoms with Gasteiger partial charge in [0.05, 0.1) is 22.8 Å². The first-order valence-electron chi connectivity index (χ1n) is 18.7. The summed E-state index contributed by atoms with van der Waals surface area (Å²) in [6.45, 7) is 12.2. The number of piperidine rings is 2. The van der Waals surface area contributed by atoms with Crippen molar-refractivity contribution in [3.8, 4) is 11.3 Å². The summed E-state index contributed by atoms with van der Waals surface area (Å²) >= 11 is 6.56. The number of hydrogen-bond acceptors (Lipinski definition) is 9. The van der Waals surface area contributed by atoms with E-state index in [4.69, 9.17) is 16.6 Å². The number of amides is 2. The summed E-state index contributed by atoms with van der Waals surface area (Å²) in [7, 11) is 0. The quantitative estimate of drug-likeness (QED) is 0.200. The number of likely N-dealkylation sites (tertiary alicyclic amines) is 1. The molecule has 2 atom stereocenters. The topological polar surface area (TPSA) is 113 Å². The Morgan fingerprint density at radius 2 is 1.61 bits per heavy atom. The van der Waals surface area contributed by atoms with Crippen molar-refractivity contribution in [3.05, 3.63) is 71.5 Å². The lowest BCUT2D eigenvalue weighted by Crippen LogP contribution is -2.50. The second-order valence-corrected chi connectivity index (χ2v) is 15.1. The lowest BCUT2D eigenvalue weighted by Gasteiger charge is -2.39. The first-order valence-corrected chi connectivity index (χ1v) is 19.0. The van der Waals surface area contributed by atoms with E-state index in [9.17, 15) is 9.59 Å². The van der Waals surface area contributed by atoms with Gasteiger partial charge in [0, 0.05) is 113 Å². The Bertz CT molecular complexity index is 1830. The average molecular weight is 710 g/mol. The van der Waals surface area contributed by atoms with Gasteiger partial charge in [-0.2, -0.15) is 0 Å². The molecule has 11 nitrogen and oxygen atoms in total. The summed E-state index contributed by atoms with van der Waals surface area (Å²) in [5.74, 6) is 0.821. The fourth-order valence-electron chi connectivity index (χ4n) is 8.38. The molecule has 2 aromatic heterocycles. The number of benzene rings is 2. The fraction of sp³-hybridized carbons (Fsp3) is 0.487. The summed E-state index contributed by atoms with van der Waals surface area (Å²) in [6, 6.07) is 16.9. The molecule has 4 aliphatic heterocycles. The molecule has 1 unspecified atom stereocenters. The molecule has 2 amide bonds. The Balaban J connectivity index is 0.736. The van der Waals surface area contributed by atoms with Crippen molar-refractivity contribution in [2.24, 2.45) is 5.92 Å². The predicted octanol–water partition coefficient (Wildman–Crippen LogP) is 4.82. The number of nitrogens with zero attached hydrogens (tertiary/aromatic N) is 6. The third-order valence-electron chi connectivity index (χ3n) is 11.4. The second kappa shape index (κ2) is 15.3. The van der Waals surface area contributed by atoms with E-state index < -0.39 is 0 Å². The molecule has 268 valence electrons. The van der Waals surface area contributed by atoms with Gasteiger partial charge in [-0.25, -0.2) is 9.97 Å². The van der Waals surface area contributed by atoms with Crippen molar-refractivity contribution in [2.75, 3.05) is 82.2 Å². The van der Waals surface area contributed by atoms with Crippen LogP contribution in [0.4, 0.5) is 11.6 Å². The SMILES string of the molecule is O=C1CCC(c2ccc(N3CCC(CN4CCN(CCN5CC[C@@H](Nc6ncc(Cl)c(-c7c[nH]c8ccccc78)n6)C5)CC4)CC3)cc2)C(=O)N1. The highest BCUT2D eigenvalue weighted by molar-refractivity contribution is 6.33. The van der Waals surface area contributed by atoms with Crippen LogP contribution in [-0.4, -0.2) is 120 Å². The van der Waals surface area contributed by atoms with Gasteiger partial charge in [0.1, 0.15) is 0 Å². The molecular formula is C39H48ClN9O2.